The lowest BCUT2D eigenvalue weighted by atomic mass is 9.95. The third kappa shape index (κ3) is 4.68. The maximum absolute atomic E-state index is 10.5. The summed E-state index contributed by atoms with van der Waals surface area (Å²) in [6.07, 6.45) is 13.8. The van der Waals surface area contributed by atoms with Gasteiger partial charge in [-0.2, -0.15) is 10.2 Å². The molecule has 0 atom stereocenters. The summed E-state index contributed by atoms with van der Waals surface area (Å²) >= 11 is 0. The molecule has 1 aliphatic carbocycles. The fourth-order valence-corrected chi connectivity index (χ4v) is 4.09. The molecule has 4 aromatic heterocycles. The molecule has 162 valence electrons. The molecule has 0 amide bonds. The number of fused-ring (bicyclic) bond motifs is 1. The Balaban J connectivity index is 0.000000245. The Morgan fingerprint density at radius 1 is 1.16 bits per heavy atom. The molecule has 1 saturated carbocycles. The highest BCUT2D eigenvalue weighted by Gasteiger charge is 2.22. The highest BCUT2D eigenvalue weighted by Crippen LogP contribution is 2.35. The second kappa shape index (κ2) is 9.16. The van der Waals surface area contributed by atoms with Crippen LogP contribution in [-0.2, 0) is 7.05 Å². The minimum Gasteiger partial charge on any atom is -0.373 e. The molecular formula is C23H29N7O. The average molecular weight is 420 g/mol. The van der Waals surface area contributed by atoms with E-state index in [4.69, 9.17) is 5.10 Å². The first kappa shape index (κ1) is 20.8. The van der Waals surface area contributed by atoms with Crippen LogP contribution in [0.1, 0.15) is 43.8 Å². The van der Waals surface area contributed by atoms with E-state index in [0.29, 0.717) is 6.04 Å². The van der Waals surface area contributed by atoms with Crippen LogP contribution in [0.3, 0.4) is 0 Å². The molecule has 1 aliphatic rings. The van der Waals surface area contributed by atoms with E-state index in [-0.39, 0.29) is 5.43 Å². The van der Waals surface area contributed by atoms with Gasteiger partial charge in [-0.25, -0.2) is 4.98 Å². The van der Waals surface area contributed by atoms with E-state index in [2.05, 4.69) is 31.1 Å². The maximum atomic E-state index is 10.5. The molecule has 0 saturated heterocycles. The summed E-state index contributed by atoms with van der Waals surface area (Å²) in [5, 5.41) is 13.5. The van der Waals surface area contributed by atoms with Gasteiger partial charge in [-0.05, 0) is 19.8 Å². The summed E-state index contributed by atoms with van der Waals surface area (Å²) in [6, 6.07) is 5.65. The molecule has 0 aromatic carbocycles. The minimum absolute atomic E-state index is 0.0567. The Bertz CT molecular complexity index is 1210. The fourth-order valence-electron chi connectivity index (χ4n) is 4.09. The number of hydrogen-bond donors (Lipinski definition) is 2. The summed E-state index contributed by atoms with van der Waals surface area (Å²) in [5.41, 5.74) is 4.15. The SMILES string of the molecule is CNc1cc2c(cn1)c(-c1cnn(C)c1)nn2C1CCCCC1.Cc1cc(=O)cc[nH]1. The van der Waals surface area contributed by atoms with Crippen LogP contribution in [-0.4, -0.2) is 36.6 Å². The van der Waals surface area contributed by atoms with Crippen LogP contribution in [0.15, 0.2) is 47.8 Å². The second-order valence-corrected chi connectivity index (χ2v) is 8.03. The summed E-state index contributed by atoms with van der Waals surface area (Å²) < 4.78 is 4.04. The molecule has 0 radical (unpaired) electrons. The molecular weight excluding hydrogens is 390 g/mol. The van der Waals surface area contributed by atoms with Gasteiger partial charge in [0.2, 0.25) is 0 Å². The zero-order chi connectivity index (χ0) is 21.8. The second-order valence-electron chi connectivity index (χ2n) is 8.03. The van der Waals surface area contributed by atoms with Crippen LogP contribution in [0.2, 0.25) is 0 Å². The molecule has 4 heterocycles. The lowest BCUT2D eigenvalue weighted by Crippen LogP contribution is -2.14. The molecule has 5 rings (SSSR count). The monoisotopic (exact) mass is 419 g/mol. The number of aromatic nitrogens is 6. The van der Waals surface area contributed by atoms with Gasteiger partial charge in [0.25, 0.3) is 0 Å². The molecule has 0 bridgehead atoms. The molecule has 8 heteroatoms. The smallest absolute Gasteiger partial charge is 0.181 e. The molecule has 31 heavy (non-hydrogen) atoms. The van der Waals surface area contributed by atoms with E-state index < -0.39 is 0 Å². The van der Waals surface area contributed by atoms with Gasteiger partial charge in [0, 0.05) is 67.5 Å². The van der Waals surface area contributed by atoms with E-state index in [9.17, 15) is 4.79 Å². The molecule has 0 unspecified atom stereocenters. The molecule has 1 fully saturated rings. The number of pyridine rings is 2. The lowest BCUT2D eigenvalue weighted by molar-refractivity contribution is 0.338. The number of nitrogens with one attached hydrogen (secondary N) is 2. The standard InChI is InChI=1S/C17H22N6.C6H7NO/c1-18-16-8-15-14(10-19-16)17(12-9-20-22(2)11-12)21-23(15)13-6-4-3-5-7-13;1-5-4-6(8)2-3-7-5/h8-11,13H,3-7H2,1-2H3,(H,18,19);2-4H,1H3,(H,7,8). The van der Waals surface area contributed by atoms with Gasteiger partial charge in [0.15, 0.2) is 5.43 Å². The van der Waals surface area contributed by atoms with Crippen molar-refractivity contribution >= 4 is 16.7 Å². The van der Waals surface area contributed by atoms with Gasteiger partial charge in [0.1, 0.15) is 11.5 Å². The first-order chi connectivity index (χ1) is 15.0. The molecule has 4 aromatic rings. The number of rotatable bonds is 3. The van der Waals surface area contributed by atoms with Gasteiger partial charge in [-0.1, -0.05) is 19.3 Å². The van der Waals surface area contributed by atoms with Crippen molar-refractivity contribution in [3.63, 3.8) is 0 Å². The third-order valence-corrected chi connectivity index (χ3v) is 5.66. The zero-order valence-corrected chi connectivity index (χ0v) is 18.3. The Kier molecular flexibility index (Phi) is 6.16. The van der Waals surface area contributed by atoms with Gasteiger partial charge in [-0.3, -0.25) is 14.2 Å². The van der Waals surface area contributed by atoms with E-state index >= 15 is 0 Å². The van der Waals surface area contributed by atoms with Crippen LogP contribution in [0, 0.1) is 6.92 Å². The Morgan fingerprint density at radius 2 is 1.97 bits per heavy atom. The van der Waals surface area contributed by atoms with E-state index in [1.165, 1.54) is 38.2 Å². The number of H-pyrrole nitrogens is 1. The molecule has 2 N–H and O–H groups in total. The number of hydrogen-bond acceptors (Lipinski definition) is 5. The zero-order valence-electron chi connectivity index (χ0n) is 18.3. The van der Waals surface area contributed by atoms with Crippen LogP contribution in [0.4, 0.5) is 5.82 Å². The first-order valence-electron chi connectivity index (χ1n) is 10.8. The van der Waals surface area contributed by atoms with Gasteiger partial charge < -0.3 is 10.3 Å². The van der Waals surface area contributed by atoms with Crippen molar-refractivity contribution in [1.29, 1.82) is 0 Å². The fraction of sp³-hybridized carbons (Fsp3) is 0.391. The number of anilines is 1. The van der Waals surface area contributed by atoms with E-state index in [0.717, 1.165) is 33.7 Å². The number of aryl methyl sites for hydroxylation is 2. The third-order valence-electron chi connectivity index (χ3n) is 5.66. The van der Waals surface area contributed by atoms with E-state index in [1.807, 2.05) is 44.3 Å². The normalized spacial score (nSPS) is 14.3. The van der Waals surface area contributed by atoms with Crippen molar-refractivity contribution in [2.45, 2.75) is 45.1 Å². The summed E-state index contributed by atoms with van der Waals surface area (Å²) in [5.74, 6) is 0.882. The largest absolute Gasteiger partial charge is 0.373 e. The Hall–Kier alpha value is -3.42. The molecule has 0 spiro atoms. The lowest BCUT2D eigenvalue weighted by Gasteiger charge is -2.22. The maximum Gasteiger partial charge on any atom is 0.181 e. The molecule has 8 nitrogen and oxygen atoms in total. The van der Waals surface area contributed by atoms with Crippen LogP contribution < -0.4 is 10.7 Å². The molecule has 0 aliphatic heterocycles. The number of nitrogens with zero attached hydrogens (tertiary/aromatic N) is 5. The van der Waals surface area contributed by atoms with Crippen LogP contribution in [0.25, 0.3) is 22.2 Å². The Morgan fingerprint density at radius 3 is 2.58 bits per heavy atom. The first-order valence-corrected chi connectivity index (χ1v) is 10.8. The van der Waals surface area contributed by atoms with Crippen LogP contribution >= 0.6 is 0 Å². The summed E-state index contributed by atoms with van der Waals surface area (Å²) in [7, 11) is 3.83. The van der Waals surface area contributed by atoms with E-state index in [1.54, 1.807) is 12.3 Å². The van der Waals surface area contributed by atoms with Gasteiger partial charge >= 0.3 is 0 Å². The Labute approximate surface area is 181 Å². The topological polar surface area (TPSA) is 93.4 Å². The van der Waals surface area contributed by atoms with Crippen molar-refractivity contribution in [1.82, 2.24) is 29.5 Å². The van der Waals surface area contributed by atoms with Crippen molar-refractivity contribution in [2.75, 3.05) is 12.4 Å². The quantitative estimate of drug-likeness (QED) is 0.522. The number of aromatic amines is 1. The highest BCUT2D eigenvalue weighted by molar-refractivity contribution is 5.93. The van der Waals surface area contributed by atoms with Gasteiger partial charge in [0.05, 0.1) is 17.8 Å². The summed E-state index contributed by atoms with van der Waals surface area (Å²) in [4.78, 5) is 17.8. The van der Waals surface area contributed by atoms with Crippen molar-refractivity contribution < 1.29 is 0 Å². The summed E-state index contributed by atoms with van der Waals surface area (Å²) in [6.45, 7) is 1.85. The van der Waals surface area contributed by atoms with Crippen molar-refractivity contribution in [3.05, 3.63) is 58.9 Å². The van der Waals surface area contributed by atoms with Crippen molar-refractivity contribution in [3.8, 4) is 11.3 Å². The van der Waals surface area contributed by atoms with Gasteiger partial charge in [-0.15, -0.1) is 0 Å². The van der Waals surface area contributed by atoms with Crippen molar-refractivity contribution in [2.24, 2.45) is 7.05 Å². The average Bonchev–Trinajstić information content (AvgIpc) is 3.37. The predicted octanol–water partition coefficient (Wildman–Crippen LogP) is 4.06. The minimum atomic E-state index is 0.0567. The predicted molar refractivity (Wildman–Crippen MR) is 123 cm³/mol. The van der Waals surface area contributed by atoms with Crippen LogP contribution in [0.5, 0.6) is 0 Å². The highest BCUT2D eigenvalue weighted by atomic mass is 16.1.